The summed E-state index contributed by atoms with van der Waals surface area (Å²) in [7, 11) is 0. The van der Waals surface area contributed by atoms with Crippen LogP contribution in [0.4, 0.5) is 5.13 Å². The van der Waals surface area contributed by atoms with Gasteiger partial charge in [-0.2, -0.15) is 0 Å². The summed E-state index contributed by atoms with van der Waals surface area (Å²) in [6, 6.07) is 11.0. The molecule has 1 aliphatic heterocycles. The molecule has 2 aromatic carbocycles. The van der Waals surface area contributed by atoms with E-state index < -0.39 is 17.9 Å². The molecule has 2 aromatic heterocycles. The predicted molar refractivity (Wildman–Crippen MR) is 146 cm³/mol. The number of aromatic nitrogens is 1. The first-order valence-corrected chi connectivity index (χ1v) is 13.1. The van der Waals surface area contributed by atoms with Gasteiger partial charge in [0, 0.05) is 5.02 Å². The Morgan fingerprint density at radius 2 is 2.00 bits per heavy atom. The average molecular weight is 551 g/mol. The van der Waals surface area contributed by atoms with Crippen LogP contribution in [0.3, 0.4) is 0 Å². The van der Waals surface area contributed by atoms with E-state index in [4.69, 9.17) is 25.5 Å². The number of ether oxygens (including phenoxy) is 2. The summed E-state index contributed by atoms with van der Waals surface area (Å²) < 4.78 is 16.8. The summed E-state index contributed by atoms with van der Waals surface area (Å²) >= 11 is 7.17. The fourth-order valence-corrected chi connectivity index (χ4v) is 5.46. The lowest BCUT2D eigenvalue weighted by Gasteiger charge is -2.22. The molecule has 5 rings (SSSR count). The highest BCUT2D eigenvalue weighted by molar-refractivity contribution is 7.17. The number of carbonyl (C=O) groups is 2. The van der Waals surface area contributed by atoms with E-state index in [-0.39, 0.29) is 44.3 Å². The van der Waals surface area contributed by atoms with Gasteiger partial charge in [-0.1, -0.05) is 54.6 Å². The normalized spacial score (nSPS) is 14.6. The standard InChI is InChI=1S/C28H23ClN2O6S/c1-4-12-35-18-9-6-16(7-10-18)22-21-23(32)19-14-17(29)8-11-20(19)37-24(21)26(33)31(22)28-30-15(3)25(38-28)27(34)36-13-5-2/h5-11,14,22H,2,4,12-13H2,1,3H3. The van der Waals surface area contributed by atoms with Crippen LogP contribution in [0.25, 0.3) is 11.0 Å². The maximum atomic E-state index is 13.8. The number of amides is 1. The molecular formula is C28H23ClN2O6S. The number of hydrogen-bond donors (Lipinski definition) is 0. The Labute approximate surface area is 227 Å². The van der Waals surface area contributed by atoms with Crippen LogP contribution >= 0.6 is 22.9 Å². The van der Waals surface area contributed by atoms with Gasteiger partial charge in [0.2, 0.25) is 5.76 Å². The first kappa shape index (κ1) is 25.7. The average Bonchev–Trinajstić information content (AvgIpc) is 3.44. The largest absolute Gasteiger partial charge is 0.494 e. The molecule has 0 fully saturated rings. The van der Waals surface area contributed by atoms with Gasteiger partial charge < -0.3 is 13.9 Å². The molecule has 0 N–H and O–H groups in total. The van der Waals surface area contributed by atoms with Crippen molar-refractivity contribution in [2.75, 3.05) is 18.1 Å². The van der Waals surface area contributed by atoms with Gasteiger partial charge in [-0.25, -0.2) is 9.78 Å². The van der Waals surface area contributed by atoms with Crippen molar-refractivity contribution in [1.29, 1.82) is 0 Å². The number of aryl methyl sites for hydroxylation is 1. The van der Waals surface area contributed by atoms with Crippen molar-refractivity contribution < 1.29 is 23.5 Å². The molecular weight excluding hydrogens is 528 g/mol. The molecule has 10 heteroatoms. The highest BCUT2D eigenvalue weighted by atomic mass is 35.5. The summed E-state index contributed by atoms with van der Waals surface area (Å²) in [6.07, 6.45) is 2.33. The molecule has 0 aliphatic carbocycles. The summed E-state index contributed by atoms with van der Waals surface area (Å²) in [4.78, 5) is 46.3. The molecule has 0 saturated heterocycles. The maximum Gasteiger partial charge on any atom is 0.350 e. The van der Waals surface area contributed by atoms with Crippen LogP contribution in [0.2, 0.25) is 5.02 Å². The Kier molecular flexibility index (Phi) is 7.05. The molecule has 4 aromatic rings. The molecule has 0 radical (unpaired) electrons. The summed E-state index contributed by atoms with van der Waals surface area (Å²) in [5.41, 5.74) is 1.12. The number of anilines is 1. The van der Waals surface area contributed by atoms with E-state index in [1.54, 1.807) is 43.3 Å². The molecule has 1 amide bonds. The monoisotopic (exact) mass is 550 g/mol. The van der Waals surface area contributed by atoms with Crippen LogP contribution in [0.15, 0.2) is 64.3 Å². The summed E-state index contributed by atoms with van der Waals surface area (Å²) in [5, 5.41) is 0.878. The maximum absolute atomic E-state index is 13.8. The minimum atomic E-state index is -0.847. The van der Waals surface area contributed by atoms with Gasteiger partial charge in [0.05, 0.1) is 29.3 Å². The summed E-state index contributed by atoms with van der Waals surface area (Å²) in [6.45, 7) is 7.84. The second-order valence-electron chi connectivity index (χ2n) is 8.61. The van der Waals surface area contributed by atoms with Gasteiger partial charge in [0.1, 0.15) is 22.8 Å². The highest BCUT2D eigenvalue weighted by Gasteiger charge is 2.45. The van der Waals surface area contributed by atoms with Crippen molar-refractivity contribution >= 4 is 50.9 Å². The number of rotatable bonds is 8. The van der Waals surface area contributed by atoms with Crippen molar-refractivity contribution in [3.8, 4) is 5.75 Å². The SMILES string of the molecule is C=CCOC(=O)c1sc(N2C(=O)c3oc4ccc(Cl)cc4c(=O)c3C2c2ccc(OCCC)cc2)nc1C. The molecule has 1 aliphatic rings. The van der Waals surface area contributed by atoms with Gasteiger partial charge in [-0.15, -0.1) is 0 Å². The number of hydrogen-bond acceptors (Lipinski definition) is 8. The lowest BCUT2D eigenvalue weighted by molar-refractivity contribution is 0.0554. The Hall–Kier alpha value is -3.95. The molecule has 1 atom stereocenters. The van der Waals surface area contributed by atoms with Crippen molar-refractivity contribution in [3.63, 3.8) is 0 Å². The van der Waals surface area contributed by atoms with Gasteiger partial charge in [0.25, 0.3) is 5.91 Å². The van der Waals surface area contributed by atoms with E-state index in [0.29, 0.717) is 28.6 Å². The van der Waals surface area contributed by atoms with Crippen LogP contribution in [0.1, 0.15) is 56.4 Å². The van der Waals surface area contributed by atoms with Crippen molar-refractivity contribution in [1.82, 2.24) is 4.98 Å². The number of esters is 1. The van der Waals surface area contributed by atoms with E-state index >= 15 is 0 Å². The van der Waals surface area contributed by atoms with Gasteiger partial charge in [-0.3, -0.25) is 14.5 Å². The van der Waals surface area contributed by atoms with Crippen LogP contribution in [0.5, 0.6) is 5.75 Å². The number of thiazole rings is 1. The van der Waals surface area contributed by atoms with Crippen LogP contribution in [-0.2, 0) is 4.74 Å². The number of benzene rings is 2. The molecule has 194 valence electrons. The first-order valence-electron chi connectivity index (χ1n) is 11.9. The van der Waals surface area contributed by atoms with E-state index in [1.165, 1.54) is 17.0 Å². The number of fused-ring (bicyclic) bond motifs is 2. The smallest absolute Gasteiger partial charge is 0.350 e. The van der Waals surface area contributed by atoms with Crippen molar-refractivity contribution in [2.24, 2.45) is 0 Å². The quantitative estimate of drug-likeness (QED) is 0.193. The van der Waals surface area contributed by atoms with Crippen LogP contribution < -0.4 is 15.1 Å². The third kappa shape index (κ3) is 4.48. The van der Waals surface area contributed by atoms with E-state index in [2.05, 4.69) is 11.6 Å². The Balaban J connectivity index is 1.67. The number of carbonyl (C=O) groups excluding carboxylic acids is 2. The van der Waals surface area contributed by atoms with Crippen LogP contribution in [-0.4, -0.2) is 30.1 Å². The Morgan fingerprint density at radius 1 is 1.24 bits per heavy atom. The summed E-state index contributed by atoms with van der Waals surface area (Å²) in [5.74, 6) is -0.518. The highest BCUT2D eigenvalue weighted by Crippen LogP contribution is 2.43. The first-order chi connectivity index (χ1) is 18.3. The number of halogens is 1. The molecule has 0 saturated carbocycles. The van der Waals surface area contributed by atoms with E-state index in [1.807, 2.05) is 6.92 Å². The fraction of sp³-hybridized carbons (Fsp3) is 0.214. The molecule has 0 spiro atoms. The van der Waals surface area contributed by atoms with Crippen molar-refractivity contribution in [3.05, 3.63) is 97.8 Å². The zero-order valence-electron chi connectivity index (χ0n) is 20.7. The zero-order valence-corrected chi connectivity index (χ0v) is 22.2. The Bertz CT molecular complexity index is 1630. The van der Waals surface area contributed by atoms with Gasteiger partial charge >= 0.3 is 5.97 Å². The third-order valence-electron chi connectivity index (χ3n) is 6.01. The van der Waals surface area contributed by atoms with Gasteiger partial charge in [0.15, 0.2) is 10.6 Å². The third-order valence-corrected chi connectivity index (χ3v) is 7.38. The molecule has 0 bridgehead atoms. The van der Waals surface area contributed by atoms with Crippen molar-refractivity contribution in [2.45, 2.75) is 26.3 Å². The second-order valence-corrected chi connectivity index (χ2v) is 10.0. The van der Waals surface area contributed by atoms with E-state index in [0.717, 1.165) is 17.8 Å². The van der Waals surface area contributed by atoms with Crippen LogP contribution in [0, 0.1) is 6.92 Å². The lowest BCUT2D eigenvalue weighted by atomic mass is 9.98. The molecule has 8 nitrogen and oxygen atoms in total. The number of nitrogens with zero attached hydrogens (tertiary/aromatic N) is 2. The molecule has 1 unspecified atom stereocenters. The zero-order chi connectivity index (χ0) is 27.0. The minimum Gasteiger partial charge on any atom is -0.494 e. The minimum absolute atomic E-state index is 0.0439. The predicted octanol–water partition coefficient (Wildman–Crippen LogP) is 6.09. The fourth-order valence-electron chi connectivity index (χ4n) is 4.30. The second kappa shape index (κ2) is 10.4. The van der Waals surface area contributed by atoms with E-state index in [9.17, 15) is 14.4 Å². The lowest BCUT2D eigenvalue weighted by Crippen LogP contribution is -2.29. The topological polar surface area (TPSA) is 98.9 Å². The Morgan fingerprint density at radius 3 is 2.71 bits per heavy atom. The molecule has 38 heavy (non-hydrogen) atoms. The molecule has 3 heterocycles. The van der Waals surface area contributed by atoms with Gasteiger partial charge in [-0.05, 0) is 49.2 Å².